The minimum absolute atomic E-state index is 0.0313. The minimum Gasteiger partial charge on any atom is -0.450 e. The lowest BCUT2D eigenvalue weighted by atomic mass is 9.83. The summed E-state index contributed by atoms with van der Waals surface area (Å²) in [6.45, 7) is 7.93. The van der Waals surface area contributed by atoms with Crippen LogP contribution in [0.5, 0.6) is 0 Å². The molecule has 0 radical (unpaired) electrons. The molecule has 0 aliphatic carbocycles. The van der Waals surface area contributed by atoms with Crippen LogP contribution in [0.4, 0.5) is 0 Å². The molecule has 1 amide bonds. The highest BCUT2D eigenvalue weighted by atomic mass is 32.2. The number of nitrogens with zero attached hydrogens (tertiary/aromatic N) is 2. The summed E-state index contributed by atoms with van der Waals surface area (Å²) < 4.78 is 36.5. The molecule has 0 bridgehead atoms. The molecule has 0 atom stereocenters. The quantitative estimate of drug-likeness (QED) is 0.583. The number of carbonyl (C=O) groups is 2. The Hall–Kier alpha value is -1.49. The van der Waals surface area contributed by atoms with E-state index in [1.54, 1.807) is 13.8 Å². The van der Waals surface area contributed by atoms with Crippen molar-refractivity contribution >= 4 is 21.9 Å². The second-order valence-corrected chi connectivity index (χ2v) is 9.65. The van der Waals surface area contributed by atoms with Gasteiger partial charge >= 0.3 is 5.97 Å². The summed E-state index contributed by atoms with van der Waals surface area (Å²) in [7, 11) is -3.30. The number of morpholine rings is 1. The minimum atomic E-state index is -3.30. The third-order valence-electron chi connectivity index (χ3n) is 5.76. The summed E-state index contributed by atoms with van der Waals surface area (Å²) in [5.41, 5.74) is -0.354. The first-order valence-electron chi connectivity index (χ1n) is 9.80. The molecule has 158 valence electrons. The fourth-order valence-corrected chi connectivity index (χ4v) is 5.13. The van der Waals surface area contributed by atoms with Gasteiger partial charge in [0.15, 0.2) is 0 Å². The van der Waals surface area contributed by atoms with Gasteiger partial charge < -0.3 is 14.8 Å². The number of amides is 1. The number of sulfonamides is 1. The molecule has 1 spiro atoms. The van der Waals surface area contributed by atoms with Crippen molar-refractivity contribution in [3.63, 3.8) is 0 Å². The van der Waals surface area contributed by atoms with E-state index in [9.17, 15) is 18.0 Å². The van der Waals surface area contributed by atoms with Crippen LogP contribution < -0.4 is 5.32 Å². The Balaban J connectivity index is 1.64. The Morgan fingerprint density at radius 3 is 2.43 bits per heavy atom. The molecule has 0 unspecified atom stereocenters. The van der Waals surface area contributed by atoms with Gasteiger partial charge in [-0.25, -0.2) is 17.5 Å². The number of rotatable bonds is 6. The number of piperidine rings is 1. The average molecular weight is 416 g/mol. The summed E-state index contributed by atoms with van der Waals surface area (Å²) >= 11 is 0. The van der Waals surface area contributed by atoms with Crippen molar-refractivity contribution in [3.05, 3.63) is 11.1 Å². The second-order valence-electron chi connectivity index (χ2n) is 7.39. The van der Waals surface area contributed by atoms with Crippen LogP contribution >= 0.6 is 0 Å². The SMILES string of the molecule is CCS(=O)(=O)N1CCC2(CC1)OC(=O)C(C)=C2C(=O)NCCN1CCOCC1. The summed E-state index contributed by atoms with van der Waals surface area (Å²) in [6.07, 6.45) is 0.586. The number of carbonyl (C=O) groups excluding carboxylic acids is 2. The van der Waals surface area contributed by atoms with Gasteiger partial charge in [-0.1, -0.05) is 0 Å². The molecule has 1 N–H and O–H groups in total. The van der Waals surface area contributed by atoms with E-state index in [-0.39, 0.29) is 24.7 Å². The number of hydrogen-bond donors (Lipinski definition) is 1. The molecular formula is C18H29N3O6S. The molecule has 0 aromatic rings. The van der Waals surface area contributed by atoms with E-state index in [4.69, 9.17) is 9.47 Å². The Bertz CT molecular complexity index is 749. The van der Waals surface area contributed by atoms with Gasteiger partial charge in [-0.3, -0.25) is 9.69 Å². The summed E-state index contributed by atoms with van der Waals surface area (Å²) in [6, 6.07) is 0. The number of nitrogens with one attached hydrogen (secondary N) is 1. The summed E-state index contributed by atoms with van der Waals surface area (Å²) in [4.78, 5) is 27.3. The predicted octanol–water partition coefficient (Wildman–Crippen LogP) is -0.508. The monoisotopic (exact) mass is 415 g/mol. The van der Waals surface area contributed by atoms with E-state index in [2.05, 4.69) is 10.2 Å². The highest BCUT2D eigenvalue weighted by Crippen LogP contribution is 2.41. The third kappa shape index (κ3) is 4.24. The van der Waals surface area contributed by atoms with Gasteiger partial charge in [0, 0.05) is 57.7 Å². The first kappa shape index (κ1) is 21.2. The summed E-state index contributed by atoms with van der Waals surface area (Å²) in [5, 5.41) is 2.90. The lowest BCUT2D eigenvalue weighted by Crippen LogP contribution is -2.51. The van der Waals surface area contributed by atoms with E-state index in [1.165, 1.54) is 4.31 Å². The molecule has 10 heteroatoms. The molecule has 3 aliphatic heterocycles. The van der Waals surface area contributed by atoms with Crippen molar-refractivity contribution < 1.29 is 27.5 Å². The normalized spacial score (nSPS) is 23.9. The van der Waals surface area contributed by atoms with E-state index in [0.717, 1.165) is 13.1 Å². The van der Waals surface area contributed by atoms with Crippen LogP contribution in [0.3, 0.4) is 0 Å². The van der Waals surface area contributed by atoms with E-state index < -0.39 is 21.6 Å². The zero-order chi connectivity index (χ0) is 20.4. The molecule has 2 saturated heterocycles. The Morgan fingerprint density at radius 2 is 1.82 bits per heavy atom. The van der Waals surface area contributed by atoms with Crippen molar-refractivity contribution in [2.75, 3.05) is 58.2 Å². The third-order valence-corrected chi connectivity index (χ3v) is 7.64. The van der Waals surface area contributed by atoms with Crippen LogP contribution in [-0.4, -0.2) is 93.3 Å². The van der Waals surface area contributed by atoms with Crippen molar-refractivity contribution in [2.45, 2.75) is 32.3 Å². The molecule has 2 fully saturated rings. The van der Waals surface area contributed by atoms with Crippen LogP contribution in [0, 0.1) is 0 Å². The Morgan fingerprint density at radius 1 is 1.18 bits per heavy atom. The standard InChI is InChI=1S/C18H29N3O6S/c1-3-28(24,25)21-7-4-18(5-8-21)15(14(2)17(23)27-18)16(22)19-6-9-20-10-12-26-13-11-20/h3-13H2,1-2H3,(H,19,22). The maximum Gasteiger partial charge on any atom is 0.335 e. The molecule has 9 nitrogen and oxygen atoms in total. The largest absolute Gasteiger partial charge is 0.450 e. The average Bonchev–Trinajstić information content (AvgIpc) is 2.92. The van der Waals surface area contributed by atoms with Gasteiger partial charge in [0.2, 0.25) is 10.0 Å². The van der Waals surface area contributed by atoms with Crippen molar-refractivity contribution in [3.8, 4) is 0 Å². The predicted molar refractivity (Wildman–Crippen MR) is 102 cm³/mol. The molecule has 3 heterocycles. The van der Waals surface area contributed by atoms with E-state index in [1.807, 2.05) is 0 Å². The fraction of sp³-hybridized carbons (Fsp3) is 0.778. The Labute approximate surface area is 166 Å². The van der Waals surface area contributed by atoms with Crippen molar-refractivity contribution in [2.24, 2.45) is 0 Å². The van der Waals surface area contributed by atoms with Gasteiger partial charge in [-0.05, 0) is 13.8 Å². The topological polar surface area (TPSA) is 105 Å². The maximum absolute atomic E-state index is 12.9. The number of ether oxygens (including phenoxy) is 2. The van der Waals surface area contributed by atoms with Crippen LogP contribution in [-0.2, 0) is 29.1 Å². The lowest BCUT2D eigenvalue weighted by molar-refractivity contribution is -0.150. The van der Waals surface area contributed by atoms with Crippen molar-refractivity contribution in [1.82, 2.24) is 14.5 Å². The van der Waals surface area contributed by atoms with Gasteiger partial charge in [0.25, 0.3) is 5.91 Å². The first-order chi connectivity index (χ1) is 13.3. The van der Waals surface area contributed by atoms with Crippen LogP contribution in [0.15, 0.2) is 11.1 Å². The molecule has 0 aromatic carbocycles. The van der Waals surface area contributed by atoms with Crippen molar-refractivity contribution in [1.29, 1.82) is 0 Å². The summed E-state index contributed by atoms with van der Waals surface area (Å²) in [5.74, 6) is -0.766. The smallest absolute Gasteiger partial charge is 0.335 e. The second kappa shape index (κ2) is 8.48. The molecule has 28 heavy (non-hydrogen) atoms. The zero-order valence-electron chi connectivity index (χ0n) is 16.5. The van der Waals surface area contributed by atoms with Gasteiger partial charge in [-0.2, -0.15) is 0 Å². The molecule has 0 aromatic heterocycles. The number of hydrogen-bond acceptors (Lipinski definition) is 7. The highest BCUT2D eigenvalue weighted by molar-refractivity contribution is 7.89. The fourth-order valence-electron chi connectivity index (χ4n) is 4.03. The molecule has 3 rings (SSSR count). The highest BCUT2D eigenvalue weighted by Gasteiger charge is 2.51. The number of esters is 1. The van der Waals surface area contributed by atoms with Crippen LogP contribution in [0.1, 0.15) is 26.7 Å². The Kier molecular flexibility index (Phi) is 6.43. The van der Waals surface area contributed by atoms with Gasteiger partial charge in [0.1, 0.15) is 5.60 Å². The lowest BCUT2D eigenvalue weighted by Gasteiger charge is -2.38. The maximum atomic E-state index is 12.9. The van der Waals surface area contributed by atoms with E-state index >= 15 is 0 Å². The molecular weight excluding hydrogens is 386 g/mol. The van der Waals surface area contributed by atoms with Gasteiger partial charge in [0.05, 0.1) is 24.5 Å². The van der Waals surface area contributed by atoms with E-state index in [0.29, 0.717) is 50.3 Å². The zero-order valence-corrected chi connectivity index (χ0v) is 17.3. The van der Waals surface area contributed by atoms with Crippen LogP contribution in [0.25, 0.3) is 0 Å². The molecule has 0 saturated carbocycles. The van der Waals surface area contributed by atoms with Gasteiger partial charge in [-0.15, -0.1) is 0 Å². The molecule has 3 aliphatic rings. The first-order valence-corrected chi connectivity index (χ1v) is 11.4. The van der Waals surface area contributed by atoms with Crippen LogP contribution in [0.2, 0.25) is 0 Å².